The monoisotopic (exact) mass is 224 g/mol. The summed E-state index contributed by atoms with van der Waals surface area (Å²) in [6, 6.07) is 0.304. The van der Waals surface area contributed by atoms with Crippen LogP contribution in [0.25, 0.3) is 0 Å². The Hall–Kier alpha value is -1.43. The van der Waals surface area contributed by atoms with E-state index in [1.165, 1.54) is 12.4 Å². The van der Waals surface area contributed by atoms with Crippen LogP contribution in [0.15, 0.2) is 12.4 Å². The fourth-order valence-corrected chi connectivity index (χ4v) is 2.11. The zero-order chi connectivity index (χ0) is 11.5. The van der Waals surface area contributed by atoms with Crippen molar-refractivity contribution in [2.75, 3.05) is 20.1 Å². The van der Waals surface area contributed by atoms with Gasteiger partial charge in [0.15, 0.2) is 0 Å². The first-order valence-electron chi connectivity index (χ1n) is 5.54. The minimum atomic E-state index is -0.397. The van der Waals surface area contributed by atoms with Crippen molar-refractivity contribution < 1.29 is 4.92 Å². The van der Waals surface area contributed by atoms with Crippen LogP contribution in [-0.4, -0.2) is 39.7 Å². The smallest absolute Gasteiger partial charge is 0.306 e. The summed E-state index contributed by atoms with van der Waals surface area (Å²) in [5.41, 5.74) is 0.0811. The molecular weight excluding hydrogens is 208 g/mol. The molecule has 1 aromatic rings. The minimum Gasteiger partial charge on any atom is -0.306 e. The van der Waals surface area contributed by atoms with Crippen LogP contribution in [0.1, 0.15) is 25.3 Å². The van der Waals surface area contributed by atoms with Gasteiger partial charge in [0.05, 0.1) is 11.0 Å². The van der Waals surface area contributed by atoms with Gasteiger partial charge in [-0.25, -0.2) is 0 Å². The van der Waals surface area contributed by atoms with Crippen molar-refractivity contribution in [2.45, 2.75) is 25.3 Å². The average molecular weight is 224 g/mol. The second-order valence-corrected chi connectivity index (χ2v) is 4.32. The number of hydrogen-bond donors (Lipinski definition) is 0. The van der Waals surface area contributed by atoms with E-state index in [0.29, 0.717) is 6.04 Å². The van der Waals surface area contributed by atoms with Crippen LogP contribution in [-0.2, 0) is 0 Å². The highest BCUT2D eigenvalue weighted by Crippen LogP contribution is 2.23. The van der Waals surface area contributed by atoms with Gasteiger partial charge in [-0.2, -0.15) is 5.10 Å². The molecule has 1 saturated heterocycles. The summed E-state index contributed by atoms with van der Waals surface area (Å²) in [5, 5.41) is 14.6. The predicted octanol–water partition coefficient (Wildman–Crippen LogP) is 1.45. The summed E-state index contributed by atoms with van der Waals surface area (Å²) in [4.78, 5) is 12.5. The standard InChI is InChI=1S/C10H16N4O2/c1-12-5-2-3-9(4-6-12)13-8-10(7-11-13)14(15)16/h7-9H,2-6H2,1H3. The third-order valence-corrected chi connectivity index (χ3v) is 3.09. The topological polar surface area (TPSA) is 64.2 Å². The van der Waals surface area contributed by atoms with E-state index in [9.17, 15) is 10.1 Å². The number of likely N-dealkylation sites (tertiary alicyclic amines) is 1. The maximum atomic E-state index is 10.6. The van der Waals surface area contributed by atoms with Crippen molar-refractivity contribution >= 4 is 5.69 Å². The first-order valence-corrected chi connectivity index (χ1v) is 5.54. The van der Waals surface area contributed by atoms with Crippen molar-refractivity contribution in [3.63, 3.8) is 0 Å². The zero-order valence-corrected chi connectivity index (χ0v) is 9.37. The van der Waals surface area contributed by atoms with Gasteiger partial charge in [0.2, 0.25) is 0 Å². The van der Waals surface area contributed by atoms with Crippen molar-refractivity contribution in [1.29, 1.82) is 0 Å². The van der Waals surface area contributed by atoms with Gasteiger partial charge in [0.25, 0.3) is 0 Å². The summed E-state index contributed by atoms with van der Waals surface area (Å²) in [7, 11) is 2.11. The van der Waals surface area contributed by atoms with Crippen molar-refractivity contribution in [3.8, 4) is 0 Å². The van der Waals surface area contributed by atoms with Gasteiger partial charge in [-0.3, -0.25) is 14.8 Å². The lowest BCUT2D eigenvalue weighted by atomic mass is 10.1. The molecule has 0 aliphatic carbocycles. The SMILES string of the molecule is CN1CCCC(n2cc([N+](=O)[O-])cn2)CC1. The van der Waals surface area contributed by atoms with Gasteiger partial charge in [-0.1, -0.05) is 0 Å². The van der Waals surface area contributed by atoms with Crippen LogP contribution in [0.2, 0.25) is 0 Å². The Labute approximate surface area is 94.0 Å². The van der Waals surface area contributed by atoms with Crippen molar-refractivity contribution in [3.05, 3.63) is 22.5 Å². The highest BCUT2D eigenvalue weighted by atomic mass is 16.6. The predicted molar refractivity (Wildman–Crippen MR) is 59.3 cm³/mol. The molecular formula is C10H16N4O2. The molecule has 1 aliphatic rings. The Morgan fingerprint density at radius 2 is 2.31 bits per heavy atom. The molecule has 88 valence electrons. The van der Waals surface area contributed by atoms with E-state index in [1.54, 1.807) is 4.68 Å². The zero-order valence-electron chi connectivity index (χ0n) is 9.37. The molecule has 0 saturated carbocycles. The van der Waals surface area contributed by atoms with Crippen LogP contribution in [0, 0.1) is 10.1 Å². The molecule has 0 amide bonds. The second kappa shape index (κ2) is 4.61. The van der Waals surface area contributed by atoms with E-state index in [0.717, 1.165) is 32.4 Å². The summed E-state index contributed by atoms with van der Waals surface area (Å²) in [6.07, 6.45) is 6.04. The summed E-state index contributed by atoms with van der Waals surface area (Å²) in [6.45, 7) is 2.12. The Morgan fingerprint density at radius 3 is 3.00 bits per heavy atom. The van der Waals surface area contributed by atoms with E-state index in [1.807, 2.05) is 0 Å². The Balaban J connectivity index is 2.07. The molecule has 6 heteroatoms. The molecule has 1 aromatic heterocycles. The normalized spacial score (nSPS) is 22.9. The molecule has 2 rings (SSSR count). The summed E-state index contributed by atoms with van der Waals surface area (Å²) >= 11 is 0. The molecule has 0 N–H and O–H groups in total. The Morgan fingerprint density at radius 1 is 1.50 bits per heavy atom. The highest BCUT2D eigenvalue weighted by Gasteiger charge is 2.19. The molecule has 6 nitrogen and oxygen atoms in total. The van der Waals surface area contributed by atoms with E-state index >= 15 is 0 Å². The average Bonchev–Trinajstić information content (AvgIpc) is 2.63. The van der Waals surface area contributed by atoms with Gasteiger partial charge >= 0.3 is 5.69 Å². The molecule has 1 aliphatic heterocycles. The minimum absolute atomic E-state index is 0.0811. The van der Waals surface area contributed by atoms with Crippen LogP contribution < -0.4 is 0 Å². The maximum absolute atomic E-state index is 10.6. The van der Waals surface area contributed by atoms with Gasteiger partial charge < -0.3 is 4.90 Å². The van der Waals surface area contributed by atoms with E-state index in [-0.39, 0.29) is 5.69 Å². The lowest BCUT2D eigenvalue weighted by Crippen LogP contribution is -2.19. The van der Waals surface area contributed by atoms with Gasteiger partial charge in [-0.05, 0) is 39.4 Å². The molecule has 0 bridgehead atoms. The lowest BCUT2D eigenvalue weighted by molar-refractivity contribution is -0.385. The highest BCUT2D eigenvalue weighted by molar-refractivity contribution is 5.21. The number of aromatic nitrogens is 2. The molecule has 1 atom stereocenters. The number of rotatable bonds is 2. The third kappa shape index (κ3) is 2.38. The molecule has 0 aromatic carbocycles. The van der Waals surface area contributed by atoms with Crippen LogP contribution >= 0.6 is 0 Å². The first-order chi connectivity index (χ1) is 7.66. The third-order valence-electron chi connectivity index (χ3n) is 3.09. The summed E-state index contributed by atoms with van der Waals surface area (Å²) in [5.74, 6) is 0. The van der Waals surface area contributed by atoms with E-state index in [2.05, 4.69) is 17.0 Å². The fourth-order valence-electron chi connectivity index (χ4n) is 2.11. The fraction of sp³-hybridized carbons (Fsp3) is 0.700. The van der Waals surface area contributed by atoms with Gasteiger partial charge in [0, 0.05) is 0 Å². The van der Waals surface area contributed by atoms with Gasteiger partial charge in [-0.15, -0.1) is 0 Å². The van der Waals surface area contributed by atoms with Crippen molar-refractivity contribution in [1.82, 2.24) is 14.7 Å². The summed E-state index contributed by atoms with van der Waals surface area (Å²) < 4.78 is 1.75. The number of nitrogens with zero attached hydrogens (tertiary/aromatic N) is 4. The molecule has 1 unspecified atom stereocenters. The molecule has 2 heterocycles. The quantitative estimate of drug-likeness (QED) is 0.563. The van der Waals surface area contributed by atoms with Crippen LogP contribution in [0.3, 0.4) is 0 Å². The van der Waals surface area contributed by atoms with Crippen LogP contribution in [0.5, 0.6) is 0 Å². The molecule has 0 radical (unpaired) electrons. The second-order valence-electron chi connectivity index (χ2n) is 4.32. The van der Waals surface area contributed by atoms with Crippen molar-refractivity contribution in [2.24, 2.45) is 0 Å². The molecule has 0 spiro atoms. The molecule has 16 heavy (non-hydrogen) atoms. The lowest BCUT2D eigenvalue weighted by Gasteiger charge is -2.14. The Bertz CT molecular complexity index is 377. The Kier molecular flexibility index (Phi) is 3.19. The maximum Gasteiger partial charge on any atom is 0.307 e. The largest absolute Gasteiger partial charge is 0.307 e. The molecule has 1 fully saturated rings. The number of nitro groups is 1. The van der Waals surface area contributed by atoms with Gasteiger partial charge in [0.1, 0.15) is 12.4 Å². The van der Waals surface area contributed by atoms with Crippen LogP contribution in [0.4, 0.5) is 5.69 Å². The van der Waals surface area contributed by atoms with E-state index < -0.39 is 4.92 Å². The van der Waals surface area contributed by atoms with E-state index in [4.69, 9.17) is 0 Å². The number of hydrogen-bond acceptors (Lipinski definition) is 4. The first kappa shape index (κ1) is 11.1.